The van der Waals surface area contributed by atoms with Crippen LogP contribution in [0.25, 0.3) is 0 Å². The van der Waals surface area contributed by atoms with Gasteiger partial charge in [0.1, 0.15) is 6.04 Å². The van der Waals surface area contributed by atoms with Crippen LogP contribution >= 0.6 is 0 Å². The van der Waals surface area contributed by atoms with E-state index in [2.05, 4.69) is 36.2 Å². The van der Waals surface area contributed by atoms with Gasteiger partial charge in [-0.15, -0.1) is 0 Å². The van der Waals surface area contributed by atoms with Gasteiger partial charge in [0.2, 0.25) is 17.7 Å². The molecule has 2 aliphatic rings. The van der Waals surface area contributed by atoms with E-state index in [9.17, 15) is 14.4 Å². The van der Waals surface area contributed by atoms with E-state index in [0.717, 1.165) is 19.5 Å². The van der Waals surface area contributed by atoms with E-state index in [0.29, 0.717) is 25.8 Å². The standard InChI is InChI=1S/C27H39N3O3/c1-5-29(6-2)21(17-20-12-8-7-9-13-20)18-28-25(31)24(16-19(3)4)30-26(32)22-14-10-11-15-23(22)27(30)33/h7-13,19,21-24H,5-6,14-18H2,1-4H3,(H,28,31). The zero-order chi connectivity index (χ0) is 24.0. The lowest BCUT2D eigenvalue weighted by Gasteiger charge is -2.32. The average molecular weight is 454 g/mol. The molecule has 3 rings (SSSR count). The van der Waals surface area contributed by atoms with Crippen LogP contribution in [0.4, 0.5) is 0 Å². The molecule has 4 unspecified atom stereocenters. The van der Waals surface area contributed by atoms with Crippen molar-refractivity contribution in [3.05, 3.63) is 48.0 Å². The molecule has 0 radical (unpaired) electrons. The molecule has 180 valence electrons. The maximum Gasteiger partial charge on any atom is 0.243 e. The van der Waals surface area contributed by atoms with Crippen molar-refractivity contribution in [3.8, 4) is 0 Å². The number of benzene rings is 1. The zero-order valence-electron chi connectivity index (χ0n) is 20.5. The third-order valence-corrected chi connectivity index (χ3v) is 7.01. The molecule has 1 saturated heterocycles. The van der Waals surface area contributed by atoms with Crippen molar-refractivity contribution >= 4 is 17.7 Å². The normalized spacial score (nSPS) is 22.1. The highest BCUT2D eigenvalue weighted by molar-refractivity contribution is 6.08. The molecule has 1 fully saturated rings. The van der Waals surface area contributed by atoms with Crippen molar-refractivity contribution in [2.24, 2.45) is 17.8 Å². The Bertz CT molecular complexity index is 821. The van der Waals surface area contributed by atoms with Gasteiger partial charge in [-0.3, -0.25) is 24.2 Å². The largest absolute Gasteiger partial charge is 0.353 e. The fourth-order valence-electron chi connectivity index (χ4n) is 5.20. The average Bonchev–Trinajstić information content (AvgIpc) is 3.07. The fraction of sp³-hybridized carbons (Fsp3) is 0.593. The maximum absolute atomic E-state index is 13.4. The van der Waals surface area contributed by atoms with Crippen LogP contribution in [0.2, 0.25) is 0 Å². The number of carbonyl (C=O) groups is 3. The molecule has 1 N–H and O–H groups in total. The van der Waals surface area contributed by atoms with Gasteiger partial charge in [-0.1, -0.05) is 70.2 Å². The first kappa shape index (κ1) is 25.2. The molecule has 1 aliphatic carbocycles. The summed E-state index contributed by atoms with van der Waals surface area (Å²) in [5.74, 6) is -1.02. The van der Waals surface area contributed by atoms with Crippen molar-refractivity contribution in [2.75, 3.05) is 19.6 Å². The summed E-state index contributed by atoms with van der Waals surface area (Å²) in [6.07, 6.45) is 6.43. The number of fused-ring (bicyclic) bond motifs is 1. The van der Waals surface area contributed by atoms with Crippen molar-refractivity contribution in [1.82, 2.24) is 15.1 Å². The highest BCUT2D eigenvalue weighted by Gasteiger charge is 2.51. The number of hydrogen-bond acceptors (Lipinski definition) is 4. The molecule has 1 heterocycles. The number of amides is 3. The summed E-state index contributed by atoms with van der Waals surface area (Å²) >= 11 is 0. The highest BCUT2D eigenvalue weighted by atomic mass is 16.2. The topological polar surface area (TPSA) is 69.7 Å². The van der Waals surface area contributed by atoms with E-state index in [1.165, 1.54) is 10.5 Å². The van der Waals surface area contributed by atoms with Crippen LogP contribution in [-0.2, 0) is 20.8 Å². The van der Waals surface area contributed by atoms with Gasteiger partial charge in [-0.25, -0.2) is 0 Å². The van der Waals surface area contributed by atoms with Gasteiger partial charge < -0.3 is 5.32 Å². The van der Waals surface area contributed by atoms with E-state index >= 15 is 0 Å². The number of likely N-dealkylation sites (N-methyl/N-ethyl adjacent to an activating group) is 1. The minimum absolute atomic E-state index is 0.141. The Labute approximate surface area is 198 Å². The van der Waals surface area contributed by atoms with Crippen molar-refractivity contribution in [3.63, 3.8) is 0 Å². The zero-order valence-corrected chi connectivity index (χ0v) is 20.5. The summed E-state index contributed by atoms with van der Waals surface area (Å²) in [5, 5.41) is 3.11. The lowest BCUT2D eigenvalue weighted by atomic mass is 9.85. The van der Waals surface area contributed by atoms with Crippen LogP contribution in [-0.4, -0.2) is 59.2 Å². The Morgan fingerprint density at radius 2 is 1.61 bits per heavy atom. The molecule has 1 aromatic carbocycles. The van der Waals surface area contributed by atoms with Gasteiger partial charge >= 0.3 is 0 Å². The molecular weight excluding hydrogens is 414 g/mol. The summed E-state index contributed by atoms with van der Waals surface area (Å²) in [7, 11) is 0. The van der Waals surface area contributed by atoms with Crippen LogP contribution in [0.15, 0.2) is 42.5 Å². The van der Waals surface area contributed by atoms with E-state index in [1.807, 2.05) is 44.2 Å². The van der Waals surface area contributed by atoms with E-state index in [-0.39, 0.29) is 41.5 Å². The third-order valence-electron chi connectivity index (χ3n) is 7.01. The summed E-state index contributed by atoms with van der Waals surface area (Å²) in [4.78, 5) is 43.3. The minimum atomic E-state index is -0.746. The molecule has 0 spiro atoms. The van der Waals surface area contributed by atoms with Crippen LogP contribution in [0.1, 0.15) is 52.5 Å². The van der Waals surface area contributed by atoms with Gasteiger partial charge in [0.25, 0.3) is 0 Å². The second-order valence-corrected chi connectivity index (χ2v) is 9.66. The number of hydrogen-bond donors (Lipinski definition) is 1. The molecule has 4 atom stereocenters. The van der Waals surface area contributed by atoms with E-state index in [1.54, 1.807) is 0 Å². The molecule has 6 nitrogen and oxygen atoms in total. The molecule has 3 amide bonds. The van der Waals surface area contributed by atoms with Gasteiger partial charge in [-0.2, -0.15) is 0 Å². The number of likely N-dealkylation sites (tertiary alicyclic amines) is 1. The number of nitrogens with one attached hydrogen (secondary N) is 1. The van der Waals surface area contributed by atoms with Crippen LogP contribution < -0.4 is 5.32 Å². The Hall–Kier alpha value is -2.47. The molecule has 0 aromatic heterocycles. The molecule has 0 bridgehead atoms. The lowest BCUT2D eigenvalue weighted by molar-refractivity contribution is -0.148. The molecule has 1 aliphatic heterocycles. The van der Waals surface area contributed by atoms with E-state index in [4.69, 9.17) is 0 Å². The predicted molar refractivity (Wildman–Crippen MR) is 130 cm³/mol. The molecule has 0 saturated carbocycles. The van der Waals surface area contributed by atoms with Crippen molar-refractivity contribution in [2.45, 2.75) is 65.5 Å². The van der Waals surface area contributed by atoms with Gasteiger partial charge in [0, 0.05) is 12.6 Å². The molecule has 6 heteroatoms. The summed E-state index contributed by atoms with van der Waals surface area (Å²) in [6.45, 7) is 10.6. The van der Waals surface area contributed by atoms with Gasteiger partial charge in [-0.05, 0) is 50.3 Å². The molecule has 1 aromatic rings. The van der Waals surface area contributed by atoms with Crippen LogP contribution in [0.3, 0.4) is 0 Å². The first-order valence-electron chi connectivity index (χ1n) is 12.4. The highest BCUT2D eigenvalue weighted by Crippen LogP contribution is 2.37. The molecule has 33 heavy (non-hydrogen) atoms. The summed E-state index contributed by atoms with van der Waals surface area (Å²) in [6, 6.07) is 9.68. The van der Waals surface area contributed by atoms with Crippen LogP contribution in [0.5, 0.6) is 0 Å². The second kappa shape index (κ2) is 11.6. The smallest absolute Gasteiger partial charge is 0.243 e. The second-order valence-electron chi connectivity index (χ2n) is 9.66. The number of imide groups is 1. The Balaban J connectivity index is 1.74. The summed E-state index contributed by atoms with van der Waals surface area (Å²) in [5.41, 5.74) is 1.23. The monoisotopic (exact) mass is 453 g/mol. The van der Waals surface area contributed by atoms with Gasteiger partial charge in [0.15, 0.2) is 0 Å². The fourth-order valence-corrected chi connectivity index (χ4v) is 5.20. The minimum Gasteiger partial charge on any atom is -0.353 e. The van der Waals surface area contributed by atoms with Crippen molar-refractivity contribution in [1.29, 1.82) is 0 Å². The van der Waals surface area contributed by atoms with Gasteiger partial charge in [0.05, 0.1) is 11.8 Å². The third kappa shape index (κ3) is 5.91. The molecular formula is C27H39N3O3. The maximum atomic E-state index is 13.4. The Kier molecular flexibility index (Phi) is 8.84. The lowest BCUT2D eigenvalue weighted by Crippen LogP contribution is -2.53. The first-order chi connectivity index (χ1) is 15.9. The summed E-state index contributed by atoms with van der Waals surface area (Å²) < 4.78 is 0. The van der Waals surface area contributed by atoms with Crippen molar-refractivity contribution < 1.29 is 14.4 Å². The Morgan fingerprint density at radius 1 is 1.03 bits per heavy atom. The number of rotatable bonds is 11. The van der Waals surface area contributed by atoms with Crippen LogP contribution in [0, 0.1) is 17.8 Å². The Morgan fingerprint density at radius 3 is 2.12 bits per heavy atom. The first-order valence-corrected chi connectivity index (χ1v) is 12.4. The SMILES string of the molecule is CCN(CC)C(CNC(=O)C(CC(C)C)N1C(=O)C2CC=CCC2C1=O)Cc1ccccc1. The number of allylic oxidation sites excluding steroid dienone is 2. The quantitative estimate of drug-likeness (QED) is 0.412. The predicted octanol–water partition coefficient (Wildman–Crippen LogP) is 3.42. The number of carbonyl (C=O) groups excluding carboxylic acids is 3. The van der Waals surface area contributed by atoms with E-state index < -0.39 is 6.04 Å². The number of nitrogens with zero attached hydrogens (tertiary/aromatic N) is 2.